The van der Waals surface area contributed by atoms with E-state index < -0.39 is 5.60 Å². The number of aromatic nitrogens is 3. The van der Waals surface area contributed by atoms with Crippen LogP contribution in [-0.4, -0.2) is 50.9 Å². The van der Waals surface area contributed by atoms with Crippen LogP contribution in [0.1, 0.15) is 51.2 Å². The normalized spacial score (nSPS) is 19.5. The van der Waals surface area contributed by atoms with Gasteiger partial charge in [0.25, 0.3) is 0 Å². The van der Waals surface area contributed by atoms with Crippen molar-refractivity contribution in [3.05, 3.63) is 47.2 Å². The van der Waals surface area contributed by atoms with Gasteiger partial charge in [0.1, 0.15) is 22.9 Å². The molecule has 1 aliphatic rings. The molecule has 30 heavy (non-hydrogen) atoms. The summed E-state index contributed by atoms with van der Waals surface area (Å²) in [6.07, 6.45) is 1.01. The Labute approximate surface area is 177 Å². The van der Waals surface area contributed by atoms with E-state index in [9.17, 15) is 9.18 Å². The molecule has 0 aliphatic carbocycles. The van der Waals surface area contributed by atoms with Gasteiger partial charge in [-0.2, -0.15) is 0 Å². The lowest BCUT2D eigenvalue weighted by atomic mass is 9.94. The van der Waals surface area contributed by atoms with Crippen LogP contribution in [0.3, 0.4) is 0 Å². The molecule has 0 saturated carbocycles. The third kappa shape index (κ3) is 5.87. The number of hydrogen-bond donors (Lipinski definition) is 1. The summed E-state index contributed by atoms with van der Waals surface area (Å²) in [6.45, 7) is 10.7. The molecule has 162 valence electrons. The van der Waals surface area contributed by atoms with Crippen LogP contribution >= 0.6 is 0 Å². The molecule has 1 N–H and O–H groups in total. The van der Waals surface area contributed by atoms with E-state index in [1.165, 1.54) is 12.1 Å². The highest BCUT2D eigenvalue weighted by Gasteiger charge is 2.31. The van der Waals surface area contributed by atoms with E-state index >= 15 is 0 Å². The van der Waals surface area contributed by atoms with Crippen molar-refractivity contribution in [3.63, 3.8) is 0 Å². The molecule has 8 heteroatoms. The number of anilines is 1. The minimum Gasteiger partial charge on any atom is -0.444 e. The number of likely N-dealkylation sites (tertiary alicyclic amines) is 1. The van der Waals surface area contributed by atoms with Crippen LogP contribution in [0.2, 0.25) is 0 Å². The first kappa shape index (κ1) is 21.9. The van der Waals surface area contributed by atoms with Crippen LogP contribution in [0.5, 0.6) is 0 Å². The molecule has 7 nitrogen and oxygen atoms in total. The van der Waals surface area contributed by atoms with E-state index in [0.29, 0.717) is 36.8 Å². The molecular weight excluding hydrogens is 385 g/mol. The Hall–Kier alpha value is -2.77. The zero-order valence-corrected chi connectivity index (χ0v) is 18.3. The molecule has 1 aromatic heterocycles. The van der Waals surface area contributed by atoms with E-state index in [-0.39, 0.29) is 23.9 Å². The van der Waals surface area contributed by atoms with Gasteiger partial charge in [0, 0.05) is 25.6 Å². The van der Waals surface area contributed by atoms with Gasteiger partial charge in [0.2, 0.25) is 0 Å². The molecule has 0 bridgehead atoms. The molecule has 1 aliphatic heterocycles. The van der Waals surface area contributed by atoms with Gasteiger partial charge in [0.15, 0.2) is 5.82 Å². The Morgan fingerprint density at radius 2 is 1.97 bits per heavy atom. The van der Waals surface area contributed by atoms with Gasteiger partial charge in [-0.05, 0) is 57.7 Å². The fourth-order valence-corrected chi connectivity index (χ4v) is 3.49. The van der Waals surface area contributed by atoms with E-state index in [4.69, 9.17) is 4.74 Å². The van der Waals surface area contributed by atoms with Crippen molar-refractivity contribution in [1.29, 1.82) is 0 Å². The molecule has 2 atom stereocenters. The molecule has 0 spiro atoms. The number of rotatable bonds is 4. The number of aryl methyl sites for hydroxylation is 1. The second-order valence-electron chi connectivity index (χ2n) is 8.90. The highest BCUT2D eigenvalue weighted by atomic mass is 19.1. The van der Waals surface area contributed by atoms with Crippen LogP contribution in [0.4, 0.5) is 15.0 Å². The van der Waals surface area contributed by atoms with Crippen molar-refractivity contribution in [2.45, 2.75) is 59.1 Å². The van der Waals surface area contributed by atoms with Gasteiger partial charge in [-0.15, -0.1) is 10.2 Å². The molecule has 1 aromatic carbocycles. The van der Waals surface area contributed by atoms with Crippen molar-refractivity contribution in [1.82, 2.24) is 20.1 Å². The first-order valence-corrected chi connectivity index (χ1v) is 10.3. The van der Waals surface area contributed by atoms with Crippen LogP contribution in [-0.2, 0) is 11.2 Å². The number of benzene rings is 1. The van der Waals surface area contributed by atoms with E-state index in [1.54, 1.807) is 24.0 Å². The second-order valence-corrected chi connectivity index (χ2v) is 8.90. The van der Waals surface area contributed by atoms with E-state index in [0.717, 1.165) is 12.0 Å². The van der Waals surface area contributed by atoms with Gasteiger partial charge < -0.3 is 15.0 Å². The Bertz CT molecular complexity index is 882. The van der Waals surface area contributed by atoms with Crippen molar-refractivity contribution >= 4 is 11.9 Å². The summed E-state index contributed by atoms with van der Waals surface area (Å²) < 4.78 is 18.7. The summed E-state index contributed by atoms with van der Waals surface area (Å²) in [5.41, 5.74) is 1.15. The van der Waals surface area contributed by atoms with E-state index in [2.05, 4.69) is 27.4 Å². The number of carbonyl (C=O) groups excluding carboxylic acids is 1. The molecule has 0 unspecified atom stereocenters. The first-order chi connectivity index (χ1) is 14.1. The highest BCUT2D eigenvalue weighted by Crippen LogP contribution is 2.24. The maximum Gasteiger partial charge on any atom is 0.410 e. The Balaban J connectivity index is 1.68. The minimum absolute atomic E-state index is 0.145. The number of nitrogens with zero attached hydrogens (tertiary/aromatic N) is 4. The van der Waals surface area contributed by atoms with E-state index in [1.807, 2.05) is 20.8 Å². The number of ether oxygens (including phenoxy) is 1. The maximum atomic E-state index is 13.2. The summed E-state index contributed by atoms with van der Waals surface area (Å²) in [4.78, 5) is 18.7. The van der Waals surface area contributed by atoms with Crippen LogP contribution < -0.4 is 5.32 Å². The quantitative estimate of drug-likeness (QED) is 0.814. The minimum atomic E-state index is -0.505. The standard InChI is InChI=1S/C22H30FN5O2/c1-14-13-28(21(29)30-22(3,4)5)11-10-18(14)25-20-19(27-26-15(2)24-20)12-16-6-8-17(23)9-7-16/h6-9,14,18H,10-13H2,1-5H3,(H,24,25,26)/t14-,18-/m0/s1. The SMILES string of the molecule is Cc1nnc(Cc2ccc(F)cc2)c(N[C@H]2CCN(C(=O)OC(C)(C)C)C[C@@H]2C)n1. The topological polar surface area (TPSA) is 80.2 Å². The Morgan fingerprint density at radius 3 is 2.60 bits per heavy atom. The molecule has 1 fully saturated rings. The summed E-state index contributed by atoms with van der Waals surface area (Å²) >= 11 is 0. The molecular formula is C22H30FN5O2. The summed E-state index contributed by atoms with van der Waals surface area (Å²) in [6, 6.07) is 6.50. The molecule has 3 rings (SSSR count). The predicted octanol–water partition coefficient (Wildman–Crippen LogP) is 3.97. The molecule has 2 aromatic rings. The van der Waals surface area contributed by atoms with Crippen LogP contribution in [0.25, 0.3) is 0 Å². The fraction of sp³-hybridized carbons (Fsp3) is 0.545. The van der Waals surface area contributed by atoms with Crippen molar-refractivity contribution < 1.29 is 13.9 Å². The molecule has 2 heterocycles. The smallest absolute Gasteiger partial charge is 0.410 e. The maximum absolute atomic E-state index is 13.2. The fourth-order valence-electron chi connectivity index (χ4n) is 3.49. The molecule has 1 amide bonds. The molecule has 1 saturated heterocycles. The van der Waals surface area contributed by atoms with Crippen molar-refractivity contribution in [3.8, 4) is 0 Å². The van der Waals surface area contributed by atoms with Gasteiger partial charge in [-0.3, -0.25) is 0 Å². The lowest BCUT2D eigenvalue weighted by Crippen LogP contribution is -2.49. The number of carbonyl (C=O) groups is 1. The lowest BCUT2D eigenvalue weighted by Gasteiger charge is -2.38. The van der Waals surface area contributed by atoms with Gasteiger partial charge in [-0.25, -0.2) is 14.2 Å². The zero-order valence-electron chi connectivity index (χ0n) is 18.3. The summed E-state index contributed by atoms with van der Waals surface area (Å²) in [5, 5.41) is 11.9. The average Bonchev–Trinajstić information content (AvgIpc) is 2.66. The number of piperidine rings is 1. The van der Waals surface area contributed by atoms with Gasteiger partial charge in [-0.1, -0.05) is 19.1 Å². The van der Waals surface area contributed by atoms with Gasteiger partial charge >= 0.3 is 6.09 Å². The Morgan fingerprint density at radius 1 is 1.27 bits per heavy atom. The summed E-state index contributed by atoms with van der Waals surface area (Å²) in [7, 11) is 0. The van der Waals surface area contributed by atoms with Crippen molar-refractivity contribution in [2.75, 3.05) is 18.4 Å². The third-order valence-corrected chi connectivity index (χ3v) is 5.03. The highest BCUT2D eigenvalue weighted by molar-refractivity contribution is 5.68. The second kappa shape index (κ2) is 8.93. The number of amides is 1. The lowest BCUT2D eigenvalue weighted by molar-refractivity contribution is 0.0165. The monoisotopic (exact) mass is 415 g/mol. The predicted molar refractivity (Wildman–Crippen MR) is 113 cm³/mol. The Kier molecular flexibility index (Phi) is 6.53. The van der Waals surface area contributed by atoms with Gasteiger partial charge in [0.05, 0.1) is 0 Å². The summed E-state index contributed by atoms with van der Waals surface area (Å²) in [5.74, 6) is 1.21. The van der Waals surface area contributed by atoms with Crippen molar-refractivity contribution in [2.24, 2.45) is 5.92 Å². The number of hydrogen-bond acceptors (Lipinski definition) is 6. The third-order valence-electron chi connectivity index (χ3n) is 5.03. The average molecular weight is 416 g/mol. The molecule has 0 radical (unpaired) electrons. The first-order valence-electron chi connectivity index (χ1n) is 10.3. The number of nitrogens with one attached hydrogen (secondary N) is 1. The number of halogens is 1. The zero-order chi connectivity index (χ0) is 21.9. The van der Waals surface area contributed by atoms with Crippen LogP contribution in [0, 0.1) is 18.7 Å². The van der Waals surface area contributed by atoms with Crippen LogP contribution in [0.15, 0.2) is 24.3 Å². The largest absolute Gasteiger partial charge is 0.444 e.